The molecular weight excluding hydrogens is 238 g/mol. The molecule has 0 spiro atoms. The van der Waals surface area contributed by atoms with Crippen LogP contribution in [0.25, 0.3) is 0 Å². The molecule has 1 fully saturated rings. The Labute approximate surface area is 116 Å². The Morgan fingerprint density at radius 3 is 2.53 bits per heavy atom. The minimum atomic E-state index is 0.618. The fourth-order valence-electron chi connectivity index (χ4n) is 2.48. The van der Waals surface area contributed by atoms with Gasteiger partial charge in [0.05, 0.1) is 13.2 Å². The maximum atomic E-state index is 5.56. The highest BCUT2D eigenvalue weighted by Crippen LogP contribution is 2.16. The first-order chi connectivity index (χ1) is 9.45. The first-order valence-electron chi connectivity index (χ1n) is 7.44. The zero-order valence-electron chi connectivity index (χ0n) is 11.6. The van der Waals surface area contributed by atoms with E-state index in [9.17, 15) is 0 Å². The monoisotopic (exact) mass is 263 g/mol. The van der Waals surface area contributed by atoms with E-state index in [-0.39, 0.29) is 0 Å². The van der Waals surface area contributed by atoms with Crippen molar-refractivity contribution in [2.75, 3.05) is 26.4 Å². The summed E-state index contributed by atoms with van der Waals surface area (Å²) in [5, 5.41) is 3.56. The van der Waals surface area contributed by atoms with Gasteiger partial charge in [-0.05, 0) is 25.0 Å². The van der Waals surface area contributed by atoms with Crippen molar-refractivity contribution >= 4 is 0 Å². The van der Waals surface area contributed by atoms with E-state index in [1.165, 1.54) is 32.1 Å². The molecule has 0 heterocycles. The average molecular weight is 263 g/mol. The van der Waals surface area contributed by atoms with Crippen LogP contribution in [-0.4, -0.2) is 32.4 Å². The molecule has 0 saturated heterocycles. The van der Waals surface area contributed by atoms with Crippen LogP contribution in [0.15, 0.2) is 30.3 Å². The van der Waals surface area contributed by atoms with E-state index >= 15 is 0 Å². The van der Waals surface area contributed by atoms with Crippen molar-refractivity contribution in [2.45, 2.75) is 38.1 Å². The van der Waals surface area contributed by atoms with Crippen LogP contribution in [0.4, 0.5) is 0 Å². The Hall–Kier alpha value is -1.06. The van der Waals surface area contributed by atoms with Gasteiger partial charge in [-0.25, -0.2) is 0 Å². The van der Waals surface area contributed by atoms with Crippen molar-refractivity contribution in [3.63, 3.8) is 0 Å². The van der Waals surface area contributed by atoms with E-state index in [4.69, 9.17) is 9.47 Å². The van der Waals surface area contributed by atoms with Crippen molar-refractivity contribution < 1.29 is 9.47 Å². The molecule has 1 aromatic carbocycles. The van der Waals surface area contributed by atoms with Crippen LogP contribution in [0.1, 0.15) is 32.1 Å². The molecule has 1 aliphatic rings. The Morgan fingerprint density at radius 1 is 0.947 bits per heavy atom. The molecule has 0 bridgehead atoms. The second kappa shape index (κ2) is 8.94. The lowest BCUT2D eigenvalue weighted by Gasteiger charge is -2.22. The highest BCUT2D eigenvalue weighted by Gasteiger charge is 2.11. The minimum absolute atomic E-state index is 0.618. The van der Waals surface area contributed by atoms with Crippen LogP contribution in [0.2, 0.25) is 0 Å². The summed E-state index contributed by atoms with van der Waals surface area (Å²) < 4.78 is 11.1. The number of hydrogen-bond donors (Lipinski definition) is 1. The predicted octanol–water partition coefficient (Wildman–Crippen LogP) is 3.00. The third-order valence-electron chi connectivity index (χ3n) is 3.52. The number of nitrogens with one attached hydrogen (secondary N) is 1. The zero-order chi connectivity index (χ0) is 13.2. The summed E-state index contributed by atoms with van der Waals surface area (Å²) in [6.45, 7) is 3.00. The molecule has 0 aromatic heterocycles. The van der Waals surface area contributed by atoms with Crippen molar-refractivity contribution in [1.29, 1.82) is 0 Å². The minimum Gasteiger partial charge on any atom is -0.491 e. The molecule has 1 saturated carbocycles. The molecule has 1 aliphatic carbocycles. The normalized spacial score (nSPS) is 16.4. The van der Waals surface area contributed by atoms with Gasteiger partial charge in [-0.15, -0.1) is 0 Å². The second-order valence-electron chi connectivity index (χ2n) is 5.06. The molecule has 106 valence electrons. The van der Waals surface area contributed by atoms with Gasteiger partial charge < -0.3 is 14.8 Å². The van der Waals surface area contributed by atoms with Crippen LogP contribution in [-0.2, 0) is 4.74 Å². The Kier molecular flexibility index (Phi) is 6.75. The summed E-state index contributed by atoms with van der Waals surface area (Å²) >= 11 is 0. The molecule has 3 heteroatoms. The first kappa shape index (κ1) is 14.4. The number of hydrogen-bond acceptors (Lipinski definition) is 3. The fraction of sp³-hybridized carbons (Fsp3) is 0.625. The molecule has 3 nitrogen and oxygen atoms in total. The Balaban J connectivity index is 1.42. The molecule has 0 aliphatic heterocycles. The molecule has 19 heavy (non-hydrogen) atoms. The lowest BCUT2D eigenvalue weighted by Crippen LogP contribution is -2.33. The number of ether oxygens (including phenoxy) is 2. The molecule has 0 unspecified atom stereocenters. The maximum absolute atomic E-state index is 5.56. The van der Waals surface area contributed by atoms with Gasteiger partial charge in [-0.2, -0.15) is 0 Å². The van der Waals surface area contributed by atoms with Crippen LogP contribution < -0.4 is 10.1 Å². The SMILES string of the molecule is c1ccc(OCCOCCNC2CCCCC2)cc1. The lowest BCUT2D eigenvalue weighted by molar-refractivity contribution is 0.0993. The van der Waals surface area contributed by atoms with E-state index in [0.717, 1.165) is 24.9 Å². The summed E-state index contributed by atoms with van der Waals surface area (Å²) in [7, 11) is 0. The van der Waals surface area contributed by atoms with Crippen LogP contribution in [0.3, 0.4) is 0 Å². The Bertz CT molecular complexity index is 323. The van der Waals surface area contributed by atoms with E-state index in [1.807, 2.05) is 30.3 Å². The molecule has 0 amide bonds. The van der Waals surface area contributed by atoms with Crippen LogP contribution in [0, 0.1) is 0 Å². The van der Waals surface area contributed by atoms with Gasteiger partial charge in [-0.1, -0.05) is 37.5 Å². The van der Waals surface area contributed by atoms with Gasteiger partial charge in [-0.3, -0.25) is 0 Å². The molecule has 0 radical (unpaired) electrons. The van der Waals surface area contributed by atoms with Crippen molar-refractivity contribution in [3.05, 3.63) is 30.3 Å². The zero-order valence-corrected chi connectivity index (χ0v) is 11.6. The summed E-state index contributed by atoms with van der Waals surface area (Å²) in [4.78, 5) is 0. The Morgan fingerprint density at radius 2 is 1.74 bits per heavy atom. The van der Waals surface area contributed by atoms with Crippen molar-refractivity contribution in [3.8, 4) is 5.75 Å². The highest BCUT2D eigenvalue weighted by molar-refractivity contribution is 5.20. The number of para-hydroxylation sites is 1. The van der Waals surface area contributed by atoms with Crippen LogP contribution in [0.5, 0.6) is 5.75 Å². The van der Waals surface area contributed by atoms with E-state index in [1.54, 1.807) is 0 Å². The van der Waals surface area contributed by atoms with E-state index in [0.29, 0.717) is 13.2 Å². The standard InChI is InChI=1S/C16H25NO2/c1-3-7-15(8-4-1)17-11-12-18-13-14-19-16-9-5-2-6-10-16/h2,5-6,9-10,15,17H,1,3-4,7-8,11-14H2. The smallest absolute Gasteiger partial charge is 0.119 e. The summed E-state index contributed by atoms with van der Waals surface area (Å²) in [6, 6.07) is 10.6. The van der Waals surface area contributed by atoms with Crippen LogP contribution >= 0.6 is 0 Å². The van der Waals surface area contributed by atoms with Gasteiger partial charge in [0.25, 0.3) is 0 Å². The predicted molar refractivity (Wildman–Crippen MR) is 77.6 cm³/mol. The molecule has 2 rings (SSSR count). The number of rotatable bonds is 8. The van der Waals surface area contributed by atoms with Gasteiger partial charge in [0.2, 0.25) is 0 Å². The fourth-order valence-corrected chi connectivity index (χ4v) is 2.48. The molecule has 1 aromatic rings. The highest BCUT2D eigenvalue weighted by atomic mass is 16.5. The quantitative estimate of drug-likeness (QED) is 0.731. The van der Waals surface area contributed by atoms with Gasteiger partial charge in [0.1, 0.15) is 12.4 Å². The first-order valence-corrected chi connectivity index (χ1v) is 7.44. The average Bonchev–Trinajstić information content (AvgIpc) is 2.48. The second-order valence-corrected chi connectivity index (χ2v) is 5.06. The molecule has 1 N–H and O–H groups in total. The summed E-state index contributed by atoms with van der Waals surface area (Å²) in [6.07, 6.45) is 6.83. The third kappa shape index (κ3) is 6.08. The molecule has 0 atom stereocenters. The van der Waals surface area contributed by atoms with Crippen molar-refractivity contribution in [2.24, 2.45) is 0 Å². The summed E-state index contributed by atoms with van der Waals surface area (Å²) in [5.41, 5.74) is 0. The number of benzene rings is 1. The van der Waals surface area contributed by atoms with Crippen molar-refractivity contribution in [1.82, 2.24) is 5.32 Å². The van der Waals surface area contributed by atoms with E-state index < -0.39 is 0 Å². The van der Waals surface area contributed by atoms with Gasteiger partial charge in [0, 0.05) is 12.6 Å². The topological polar surface area (TPSA) is 30.5 Å². The van der Waals surface area contributed by atoms with Gasteiger partial charge >= 0.3 is 0 Å². The third-order valence-corrected chi connectivity index (χ3v) is 3.52. The van der Waals surface area contributed by atoms with E-state index in [2.05, 4.69) is 5.32 Å². The molecular formula is C16H25NO2. The lowest BCUT2D eigenvalue weighted by atomic mass is 9.96. The largest absolute Gasteiger partial charge is 0.491 e. The summed E-state index contributed by atoms with van der Waals surface area (Å²) in [5.74, 6) is 0.909. The van der Waals surface area contributed by atoms with Gasteiger partial charge in [0.15, 0.2) is 0 Å². The maximum Gasteiger partial charge on any atom is 0.119 e.